The number of nitrogens with zero attached hydrogens (tertiary/aromatic N) is 2. The highest BCUT2D eigenvalue weighted by Crippen LogP contribution is 2.32. The summed E-state index contributed by atoms with van der Waals surface area (Å²) in [6.07, 6.45) is 2.53. The molecule has 0 aliphatic rings. The smallest absolute Gasteiger partial charge is 0.255 e. The molecule has 0 bridgehead atoms. The van der Waals surface area contributed by atoms with Crippen LogP contribution < -0.4 is 10.1 Å². The summed E-state index contributed by atoms with van der Waals surface area (Å²) in [7, 11) is 1.64. The molecule has 1 unspecified atom stereocenters. The van der Waals surface area contributed by atoms with E-state index in [9.17, 15) is 4.79 Å². The molecule has 0 aliphatic carbocycles. The largest absolute Gasteiger partial charge is 0.497 e. The van der Waals surface area contributed by atoms with Crippen LogP contribution in [0.3, 0.4) is 0 Å². The van der Waals surface area contributed by atoms with Gasteiger partial charge in [0.05, 0.1) is 30.3 Å². The lowest BCUT2D eigenvalue weighted by Gasteiger charge is -2.19. The van der Waals surface area contributed by atoms with Crippen molar-refractivity contribution in [1.29, 1.82) is 0 Å². The van der Waals surface area contributed by atoms with Crippen molar-refractivity contribution in [2.45, 2.75) is 25.8 Å². The van der Waals surface area contributed by atoms with E-state index in [1.54, 1.807) is 13.3 Å². The quantitative estimate of drug-likeness (QED) is 0.414. The van der Waals surface area contributed by atoms with Gasteiger partial charge in [-0.3, -0.25) is 4.79 Å². The number of nitrogens with one attached hydrogen (secondary N) is 1. The van der Waals surface area contributed by atoms with E-state index in [1.807, 2.05) is 77.5 Å². The van der Waals surface area contributed by atoms with Crippen LogP contribution in [0.1, 0.15) is 46.4 Å². The maximum absolute atomic E-state index is 13.3. The Bertz CT molecular complexity index is 1150. The third kappa shape index (κ3) is 4.57. The molecule has 4 aromatic rings. The molecule has 0 fully saturated rings. The van der Waals surface area contributed by atoms with E-state index in [4.69, 9.17) is 4.74 Å². The molecule has 3 aromatic carbocycles. The third-order valence-electron chi connectivity index (χ3n) is 5.60. The van der Waals surface area contributed by atoms with Crippen molar-refractivity contribution in [3.05, 3.63) is 114 Å². The van der Waals surface area contributed by atoms with Gasteiger partial charge in [-0.05, 0) is 41.8 Å². The van der Waals surface area contributed by atoms with Gasteiger partial charge in [-0.15, -0.1) is 0 Å². The minimum atomic E-state index is -0.132. The van der Waals surface area contributed by atoms with E-state index < -0.39 is 0 Å². The summed E-state index contributed by atoms with van der Waals surface area (Å²) in [6.45, 7) is 2.57. The number of ether oxygens (including phenoxy) is 1. The van der Waals surface area contributed by atoms with Gasteiger partial charge in [-0.25, -0.2) is 4.68 Å². The summed E-state index contributed by atoms with van der Waals surface area (Å²) in [5, 5.41) is 7.67. The van der Waals surface area contributed by atoms with Crippen LogP contribution in [0, 0.1) is 0 Å². The molecule has 0 spiro atoms. The highest BCUT2D eigenvalue weighted by molar-refractivity contribution is 5.95. The van der Waals surface area contributed by atoms with E-state index in [2.05, 4.69) is 29.5 Å². The first-order chi connectivity index (χ1) is 15.7. The number of rotatable bonds is 8. The van der Waals surface area contributed by atoms with Crippen molar-refractivity contribution in [2.24, 2.45) is 0 Å². The van der Waals surface area contributed by atoms with Crippen LogP contribution in [-0.4, -0.2) is 22.8 Å². The van der Waals surface area contributed by atoms with Crippen LogP contribution in [0.2, 0.25) is 0 Å². The lowest BCUT2D eigenvalue weighted by Crippen LogP contribution is -2.24. The maximum atomic E-state index is 13.3. The van der Waals surface area contributed by atoms with E-state index in [0.717, 1.165) is 34.7 Å². The molecule has 5 nitrogen and oxygen atoms in total. The van der Waals surface area contributed by atoms with Crippen molar-refractivity contribution >= 4 is 5.91 Å². The Labute approximate surface area is 188 Å². The van der Waals surface area contributed by atoms with E-state index in [0.29, 0.717) is 12.1 Å². The first-order valence-electron chi connectivity index (χ1n) is 10.8. The predicted octanol–water partition coefficient (Wildman–Crippen LogP) is 5.35. The van der Waals surface area contributed by atoms with Crippen LogP contribution in [-0.2, 0) is 6.54 Å². The summed E-state index contributed by atoms with van der Waals surface area (Å²) < 4.78 is 7.10. The standard InChI is InChI=1S/C27H27N3O2/c1-3-24(21-10-6-4-7-11-21)26-25(19-29-30(26)22-12-8-5-9-13-22)27(31)28-18-20-14-16-23(32-2)17-15-20/h4-17,19,24H,3,18H2,1-2H3,(H,28,31). The predicted molar refractivity (Wildman–Crippen MR) is 126 cm³/mol. The fourth-order valence-electron chi connectivity index (χ4n) is 3.94. The van der Waals surface area contributed by atoms with Gasteiger partial charge in [0.2, 0.25) is 0 Å². The van der Waals surface area contributed by atoms with Gasteiger partial charge in [0.15, 0.2) is 0 Å². The number of para-hydroxylation sites is 1. The van der Waals surface area contributed by atoms with E-state index in [1.165, 1.54) is 0 Å². The number of aromatic nitrogens is 2. The van der Waals surface area contributed by atoms with Crippen LogP contribution >= 0.6 is 0 Å². The van der Waals surface area contributed by atoms with Crippen LogP contribution in [0.15, 0.2) is 91.1 Å². The number of carbonyl (C=O) groups is 1. The monoisotopic (exact) mass is 425 g/mol. The molecule has 1 heterocycles. The molecule has 0 aliphatic heterocycles. The van der Waals surface area contributed by atoms with Crippen LogP contribution in [0.25, 0.3) is 5.69 Å². The van der Waals surface area contributed by atoms with Gasteiger partial charge < -0.3 is 10.1 Å². The molecule has 1 aromatic heterocycles. The molecule has 0 radical (unpaired) electrons. The number of amides is 1. The Morgan fingerprint density at radius 2 is 1.62 bits per heavy atom. The van der Waals surface area contributed by atoms with Gasteiger partial charge >= 0.3 is 0 Å². The molecule has 1 atom stereocenters. The minimum Gasteiger partial charge on any atom is -0.497 e. The summed E-state index contributed by atoms with van der Waals surface area (Å²) >= 11 is 0. The molecule has 0 saturated heterocycles. The minimum absolute atomic E-state index is 0.0423. The molecular formula is C27H27N3O2. The zero-order chi connectivity index (χ0) is 22.3. The van der Waals surface area contributed by atoms with Crippen molar-refractivity contribution < 1.29 is 9.53 Å². The second-order valence-corrected chi connectivity index (χ2v) is 7.59. The van der Waals surface area contributed by atoms with Crippen molar-refractivity contribution in [3.8, 4) is 11.4 Å². The van der Waals surface area contributed by atoms with Crippen LogP contribution in [0.4, 0.5) is 0 Å². The van der Waals surface area contributed by atoms with Crippen molar-refractivity contribution in [3.63, 3.8) is 0 Å². The molecular weight excluding hydrogens is 398 g/mol. The number of benzene rings is 3. The van der Waals surface area contributed by atoms with Crippen molar-refractivity contribution in [1.82, 2.24) is 15.1 Å². The van der Waals surface area contributed by atoms with Gasteiger partial charge in [0, 0.05) is 12.5 Å². The topological polar surface area (TPSA) is 56.1 Å². The van der Waals surface area contributed by atoms with Crippen molar-refractivity contribution in [2.75, 3.05) is 7.11 Å². The summed E-state index contributed by atoms with van der Waals surface area (Å²) in [6, 6.07) is 27.9. The molecule has 0 saturated carbocycles. The molecule has 5 heteroatoms. The zero-order valence-corrected chi connectivity index (χ0v) is 18.4. The second-order valence-electron chi connectivity index (χ2n) is 7.59. The SMILES string of the molecule is CCC(c1ccccc1)c1c(C(=O)NCc2ccc(OC)cc2)cnn1-c1ccccc1. The number of methoxy groups -OCH3 is 1. The zero-order valence-electron chi connectivity index (χ0n) is 18.4. The maximum Gasteiger partial charge on any atom is 0.255 e. The Kier molecular flexibility index (Phi) is 6.66. The van der Waals surface area contributed by atoms with Crippen LogP contribution in [0.5, 0.6) is 5.75 Å². The van der Waals surface area contributed by atoms with Gasteiger partial charge in [-0.1, -0.05) is 67.6 Å². The van der Waals surface area contributed by atoms with Gasteiger partial charge in [0.1, 0.15) is 5.75 Å². The first kappa shape index (κ1) is 21.4. The molecule has 1 amide bonds. The summed E-state index contributed by atoms with van der Waals surface area (Å²) in [5.74, 6) is 0.702. The number of carbonyl (C=O) groups excluding carboxylic acids is 1. The first-order valence-corrected chi connectivity index (χ1v) is 10.8. The highest BCUT2D eigenvalue weighted by Gasteiger charge is 2.25. The fraction of sp³-hybridized carbons (Fsp3) is 0.185. The molecule has 162 valence electrons. The summed E-state index contributed by atoms with van der Waals surface area (Å²) in [5.41, 5.74) is 4.60. The Morgan fingerprint density at radius 1 is 0.969 bits per heavy atom. The Morgan fingerprint density at radius 3 is 2.25 bits per heavy atom. The normalized spacial score (nSPS) is 11.7. The highest BCUT2D eigenvalue weighted by atomic mass is 16.5. The Balaban J connectivity index is 1.68. The van der Waals surface area contributed by atoms with Gasteiger partial charge in [0.25, 0.3) is 5.91 Å². The van der Waals surface area contributed by atoms with E-state index >= 15 is 0 Å². The average molecular weight is 426 g/mol. The lowest BCUT2D eigenvalue weighted by molar-refractivity contribution is 0.0949. The number of hydrogen-bond acceptors (Lipinski definition) is 3. The molecule has 4 rings (SSSR count). The molecule has 32 heavy (non-hydrogen) atoms. The fourth-order valence-corrected chi connectivity index (χ4v) is 3.94. The molecule has 1 N–H and O–H groups in total. The van der Waals surface area contributed by atoms with Gasteiger partial charge in [-0.2, -0.15) is 5.10 Å². The number of hydrogen-bond donors (Lipinski definition) is 1. The lowest BCUT2D eigenvalue weighted by atomic mass is 9.90. The van der Waals surface area contributed by atoms with E-state index in [-0.39, 0.29) is 11.8 Å². The summed E-state index contributed by atoms with van der Waals surface area (Å²) in [4.78, 5) is 13.3. The average Bonchev–Trinajstić information content (AvgIpc) is 3.29. The Hall–Kier alpha value is -3.86. The second kappa shape index (κ2) is 9.96. The third-order valence-corrected chi connectivity index (χ3v) is 5.60.